The van der Waals surface area contributed by atoms with E-state index in [1.807, 2.05) is 0 Å². The number of halogens is 4. The van der Waals surface area contributed by atoms with Crippen LogP contribution in [0.15, 0.2) is 35.4 Å². The first kappa shape index (κ1) is 21.7. The number of nitrogens with zero attached hydrogens (tertiary/aromatic N) is 1. The molecule has 5 N–H and O–H groups in total. The number of fused-ring (bicyclic) bond motifs is 1. The van der Waals surface area contributed by atoms with Crippen LogP contribution >= 0.6 is 0 Å². The van der Waals surface area contributed by atoms with E-state index >= 15 is 0 Å². The van der Waals surface area contributed by atoms with Crippen molar-refractivity contribution in [3.8, 4) is 11.5 Å². The predicted molar refractivity (Wildman–Crippen MR) is 96.6 cm³/mol. The molecule has 6 nitrogen and oxygen atoms in total. The summed E-state index contributed by atoms with van der Waals surface area (Å²) >= 11 is 0. The lowest BCUT2D eigenvalue weighted by molar-refractivity contribution is -0.0690. The van der Waals surface area contributed by atoms with Crippen LogP contribution in [0.1, 0.15) is 19.4 Å². The Morgan fingerprint density at radius 2 is 1.57 bits per heavy atom. The normalized spacial score (nSPS) is 14.8. The minimum atomic E-state index is -3.23. The average molecular weight is 403 g/mol. The highest BCUT2D eigenvalue weighted by molar-refractivity contribution is 5.96. The molecule has 154 valence electrons. The van der Waals surface area contributed by atoms with Crippen LogP contribution in [-0.2, 0) is 5.60 Å². The number of ether oxygens (including phenoxy) is 2. The minimum absolute atomic E-state index is 0.107. The number of hydrogen-bond donors (Lipinski definition) is 3. The largest absolute Gasteiger partial charge is 0.431 e. The quantitative estimate of drug-likeness (QED) is 0.272. The zero-order chi connectivity index (χ0) is 21.1. The van der Waals surface area contributed by atoms with E-state index in [1.165, 1.54) is 12.1 Å². The van der Waals surface area contributed by atoms with Gasteiger partial charge < -0.3 is 26.2 Å². The molecule has 0 amide bonds. The topological polar surface area (TPSA) is 103 Å². The predicted octanol–water partition coefficient (Wildman–Crippen LogP) is 3.16. The third kappa shape index (κ3) is 4.28. The molecule has 1 atom stereocenters. The second-order valence-electron chi connectivity index (χ2n) is 6.32. The number of hydrogen-bond acceptors (Lipinski definition) is 6. The Morgan fingerprint density at radius 3 is 2.00 bits per heavy atom. The fourth-order valence-corrected chi connectivity index (χ4v) is 3.01. The third-order valence-corrected chi connectivity index (χ3v) is 4.40. The molecule has 2 rings (SSSR count). The van der Waals surface area contributed by atoms with Crippen LogP contribution in [0, 0.1) is 5.92 Å². The zero-order valence-corrected chi connectivity index (χ0v) is 15.2. The summed E-state index contributed by atoms with van der Waals surface area (Å²) in [7, 11) is 0. The molecule has 0 unspecified atom stereocenters. The Bertz CT molecular complexity index is 861. The summed E-state index contributed by atoms with van der Waals surface area (Å²) in [5, 5.41) is 15.5. The van der Waals surface area contributed by atoms with Gasteiger partial charge in [0, 0.05) is 6.54 Å². The summed E-state index contributed by atoms with van der Waals surface area (Å²) in [6.45, 7) is -3.09. The molecule has 0 bridgehead atoms. The van der Waals surface area contributed by atoms with E-state index in [0.29, 0.717) is 16.3 Å². The van der Waals surface area contributed by atoms with Gasteiger partial charge in [-0.3, -0.25) is 0 Å². The van der Waals surface area contributed by atoms with Gasteiger partial charge in [0.2, 0.25) is 0 Å². The van der Waals surface area contributed by atoms with Gasteiger partial charge >= 0.3 is 13.2 Å². The number of aliphatic hydroxyl groups is 1. The molecule has 2 aromatic carbocycles. The van der Waals surface area contributed by atoms with Gasteiger partial charge in [-0.2, -0.15) is 22.7 Å². The summed E-state index contributed by atoms with van der Waals surface area (Å²) in [6.07, 6.45) is 0. The van der Waals surface area contributed by atoms with Crippen molar-refractivity contribution >= 4 is 16.5 Å². The van der Waals surface area contributed by atoms with Crippen LogP contribution in [-0.4, -0.2) is 30.6 Å². The van der Waals surface area contributed by atoms with Crippen molar-refractivity contribution in [1.29, 1.82) is 0 Å². The van der Waals surface area contributed by atoms with E-state index < -0.39 is 30.3 Å². The number of alkyl halides is 4. The lowest BCUT2D eigenvalue weighted by Crippen LogP contribution is -2.45. The molecule has 0 aliphatic carbocycles. The zero-order valence-electron chi connectivity index (χ0n) is 15.2. The van der Waals surface area contributed by atoms with Gasteiger partial charge in [0.25, 0.3) is 0 Å². The second kappa shape index (κ2) is 8.61. The highest BCUT2D eigenvalue weighted by Crippen LogP contribution is 2.38. The van der Waals surface area contributed by atoms with E-state index in [4.69, 9.17) is 11.6 Å². The molecule has 0 aliphatic heterocycles. The van der Waals surface area contributed by atoms with E-state index in [0.717, 1.165) is 12.1 Å². The highest BCUT2D eigenvalue weighted by Gasteiger charge is 2.38. The number of nitrogens with two attached hydrogens (primary N) is 2. The second-order valence-corrected chi connectivity index (χ2v) is 6.32. The number of benzene rings is 2. The maximum atomic E-state index is 12.7. The van der Waals surface area contributed by atoms with Crippen molar-refractivity contribution in [1.82, 2.24) is 0 Å². The van der Waals surface area contributed by atoms with E-state index in [9.17, 15) is 22.7 Å². The molecule has 0 spiro atoms. The molecule has 2 aromatic rings. The molecule has 0 saturated carbocycles. The molecular formula is C18H21F4N3O3. The summed E-state index contributed by atoms with van der Waals surface area (Å²) in [6, 6.07) is 6.85. The first-order valence-corrected chi connectivity index (χ1v) is 8.31. The first-order valence-electron chi connectivity index (χ1n) is 8.31. The van der Waals surface area contributed by atoms with Crippen LogP contribution in [0.4, 0.5) is 17.6 Å². The van der Waals surface area contributed by atoms with E-state index in [1.54, 1.807) is 19.9 Å². The Labute approximate surface area is 158 Å². The standard InChI is InChI=1S/C18H21F4N3O3/c1-9(2)18(26,15(8-23)25-24)12-4-3-10-6-13(27-16(19)20)14(28-17(21)22)7-11(10)5-12/h3-7,9,16-17,26H,8,23-24H2,1-2H3/b25-15+/t18-/m0/s1. The Hall–Kier alpha value is -2.59. The Kier molecular flexibility index (Phi) is 6.68. The van der Waals surface area contributed by atoms with Crippen LogP contribution in [0.5, 0.6) is 11.5 Å². The summed E-state index contributed by atoms with van der Waals surface area (Å²) < 4.78 is 59.0. The molecule has 0 heterocycles. The van der Waals surface area contributed by atoms with Crippen molar-refractivity contribution in [2.24, 2.45) is 22.6 Å². The fourth-order valence-electron chi connectivity index (χ4n) is 3.01. The maximum absolute atomic E-state index is 12.7. The van der Waals surface area contributed by atoms with Gasteiger partial charge in [0.1, 0.15) is 5.60 Å². The van der Waals surface area contributed by atoms with Gasteiger partial charge in [0.15, 0.2) is 11.5 Å². The molecule has 0 radical (unpaired) electrons. The average Bonchev–Trinajstić information content (AvgIpc) is 2.61. The summed E-state index contributed by atoms with van der Waals surface area (Å²) in [5.41, 5.74) is 4.51. The summed E-state index contributed by atoms with van der Waals surface area (Å²) in [5.74, 6) is 3.90. The van der Waals surface area contributed by atoms with E-state index in [2.05, 4.69) is 14.6 Å². The van der Waals surface area contributed by atoms with Crippen molar-refractivity contribution in [2.75, 3.05) is 6.54 Å². The van der Waals surface area contributed by atoms with Crippen LogP contribution < -0.4 is 21.1 Å². The number of rotatable bonds is 8. The van der Waals surface area contributed by atoms with Gasteiger partial charge in [-0.05, 0) is 40.5 Å². The van der Waals surface area contributed by atoms with Crippen LogP contribution in [0.25, 0.3) is 10.8 Å². The lowest BCUT2D eigenvalue weighted by atomic mass is 9.78. The van der Waals surface area contributed by atoms with E-state index in [-0.39, 0.29) is 18.2 Å². The molecule has 0 saturated heterocycles. The van der Waals surface area contributed by atoms with Crippen molar-refractivity contribution in [3.05, 3.63) is 35.9 Å². The molecule has 10 heteroatoms. The molecule has 28 heavy (non-hydrogen) atoms. The summed E-state index contributed by atoms with van der Waals surface area (Å²) in [4.78, 5) is 0. The molecule has 0 fully saturated rings. The van der Waals surface area contributed by atoms with Gasteiger partial charge in [-0.15, -0.1) is 0 Å². The minimum Gasteiger partial charge on any atom is -0.431 e. The lowest BCUT2D eigenvalue weighted by Gasteiger charge is -2.33. The monoisotopic (exact) mass is 403 g/mol. The third-order valence-electron chi connectivity index (χ3n) is 4.40. The fraction of sp³-hybridized carbons (Fsp3) is 0.389. The number of hydrazone groups is 1. The SMILES string of the molecule is CC(C)[C@@](O)(/C(CN)=N/N)c1ccc2cc(OC(F)F)c(OC(F)F)cc2c1. The first-order chi connectivity index (χ1) is 13.1. The van der Waals surface area contributed by atoms with Crippen molar-refractivity contribution in [3.63, 3.8) is 0 Å². The Morgan fingerprint density at radius 1 is 1.04 bits per heavy atom. The van der Waals surface area contributed by atoms with Crippen LogP contribution in [0.2, 0.25) is 0 Å². The smallest absolute Gasteiger partial charge is 0.387 e. The highest BCUT2D eigenvalue weighted by atomic mass is 19.3. The molecular weight excluding hydrogens is 382 g/mol. The molecule has 0 aliphatic rings. The molecule has 0 aromatic heterocycles. The van der Waals surface area contributed by atoms with Gasteiger partial charge in [-0.25, -0.2) is 0 Å². The van der Waals surface area contributed by atoms with Crippen molar-refractivity contribution in [2.45, 2.75) is 32.7 Å². The van der Waals surface area contributed by atoms with Crippen LogP contribution in [0.3, 0.4) is 0 Å². The van der Waals surface area contributed by atoms with Crippen molar-refractivity contribution < 1.29 is 32.1 Å². The maximum Gasteiger partial charge on any atom is 0.387 e. The van der Waals surface area contributed by atoms with Gasteiger partial charge in [-0.1, -0.05) is 26.0 Å². The van der Waals surface area contributed by atoms with Gasteiger partial charge in [0.05, 0.1) is 5.71 Å². The Balaban J connectivity index is 2.66.